The molecule has 4 bridgehead atoms. The van der Waals surface area contributed by atoms with Crippen molar-refractivity contribution < 1.29 is 24.2 Å². The van der Waals surface area contributed by atoms with E-state index in [1.807, 2.05) is 6.92 Å². The molecule has 0 unspecified atom stereocenters. The number of anilines is 1. The molecule has 6 rings (SSSR count). The number of carboxylic acid groups (broad SMARTS) is 1. The molecule has 1 aromatic carbocycles. The summed E-state index contributed by atoms with van der Waals surface area (Å²) in [6.07, 6.45) is 7.53. The average Bonchev–Trinajstić information content (AvgIpc) is 3.05. The zero-order chi connectivity index (χ0) is 21.3. The first-order valence-electron chi connectivity index (χ1n) is 10.7. The van der Waals surface area contributed by atoms with E-state index in [2.05, 4.69) is 18.3 Å². The van der Waals surface area contributed by atoms with Gasteiger partial charge in [0.25, 0.3) is 0 Å². The Morgan fingerprint density at radius 2 is 2.03 bits per heavy atom. The molecule has 2 aliphatic heterocycles. The van der Waals surface area contributed by atoms with Crippen LogP contribution in [-0.4, -0.2) is 34.5 Å². The molecule has 2 heterocycles. The second-order valence-corrected chi connectivity index (χ2v) is 10.0. The smallest absolute Gasteiger partial charge is 0.337 e. The van der Waals surface area contributed by atoms with Gasteiger partial charge < -0.3 is 15.2 Å². The molecule has 0 aromatic heterocycles. The Bertz CT molecular complexity index is 986. The summed E-state index contributed by atoms with van der Waals surface area (Å²) in [7, 11) is 0. The van der Waals surface area contributed by atoms with E-state index in [4.69, 9.17) is 4.74 Å². The van der Waals surface area contributed by atoms with Gasteiger partial charge in [0.1, 0.15) is 0 Å². The fraction of sp³-hybridized carbons (Fsp3) is 0.542. The van der Waals surface area contributed by atoms with E-state index in [9.17, 15) is 19.5 Å². The number of aromatic carboxylic acids is 1. The third-order valence-corrected chi connectivity index (χ3v) is 8.22. The normalized spacial score (nSPS) is 40.5. The quantitative estimate of drug-likeness (QED) is 0.771. The van der Waals surface area contributed by atoms with Crippen molar-refractivity contribution in [1.82, 2.24) is 0 Å². The van der Waals surface area contributed by atoms with Crippen molar-refractivity contribution in [3.05, 3.63) is 42.0 Å². The van der Waals surface area contributed by atoms with E-state index in [1.54, 1.807) is 24.3 Å². The molecule has 2 saturated carbocycles. The Hall–Kier alpha value is -2.47. The molecule has 1 amide bonds. The third kappa shape index (κ3) is 2.62. The van der Waals surface area contributed by atoms with Gasteiger partial charge >= 0.3 is 5.97 Å². The molecular weight excluding hydrogens is 382 g/mol. The number of nitrogens with one attached hydrogen (secondary N) is 1. The molecule has 4 fully saturated rings. The highest BCUT2D eigenvalue weighted by molar-refractivity contribution is 6.01. The van der Waals surface area contributed by atoms with Gasteiger partial charge in [-0.3, -0.25) is 9.59 Å². The van der Waals surface area contributed by atoms with Gasteiger partial charge in [0.15, 0.2) is 5.78 Å². The van der Waals surface area contributed by atoms with E-state index >= 15 is 0 Å². The summed E-state index contributed by atoms with van der Waals surface area (Å²) in [5, 5.41) is 12.0. The van der Waals surface area contributed by atoms with Crippen molar-refractivity contribution in [3.63, 3.8) is 0 Å². The number of para-hydroxylation sites is 1. The fourth-order valence-electron chi connectivity index (χ4n) is 7.00. The van der Waals surface area contributed by atoms with Crippen LogP contribution in [0, 0.1) is 22.7 Å². The molecule has 3 aliphatic carbocycles. The van der Waals surface area contributed by atoms with Crippen LogP contribution in [0.15, 0.2) is 36.4 Å². The zero-order valence-electron chi connectivity index (χ0n) is 17.3. The molecule has 2 saturated heterocycles. The lowest BCUT2D eigenvalue weighted by Crippen LogP contribution is -2.56. The van der Waals surface area contributed by atoms with Gasteiger partial charge in [-0.15, -0.1) is 0 Å². The van der Waals surface area contributed by atoms with Gasteiger partial charge in [0.05, 0.1) is 23.0 Å². The van der Waals surface area contributed by atoms with Crippen molar-refractivity contribution in [2.75, 3.05) is 5.32 Å². The topological polar surface area (TPSA) is 92.7 Å². The number of hydrogen-bond donors (Lipinski definition) is 2. The lowest BCUT2D eigenvalue weighted by atomic mass is 9.51. The Morgan fingerprint density at radius 1 is 1.27 bits per heavy atom. The molecule has 2 N–H and O–H groups in total. The third-order valence-electron chi connectivity index (χ3n) is 8.22. The summed E-state index contributed by atoms with van der Waals surface area (Å²) in [6, 6.07) is 6.35. The van der Waals surface area contributed by atoms with E-state index < -0.39 is 11.4 Å². The first kappa shape index (κ1) is 19.5. The second-order valence-electron chi connectivity index (χ2n) is 10.0. The van der Waals surface area contributed by atoms with Crippen LogP contribution in [0.1, 0.15) is 56.3 Å². The number of allylic oxidation sites excluding steroid dienone is 2. The second kappa shape index (κ2) is 6.27. The van der Waals surface area contributed by atoms with E-state index in [0.717, 1.165) is 19.3 Å². The molecule has 6 heteroatoms. The molecule has 1 aromatic rings. The Morgan fingerprint density at radius 3 is 2.77 bits per heavy atom. The molecule has 0 radical (unpaired) electrons. The van der Waals surface area contributed by atoms with E-state index in [-0.39, 0.29) is 52.4 Å². The number of ketones is 1. The van der Waals surface area contributed by atoms with E-state index in [1.165, 1.54) is 6.07 Å². The maximum absolute atomic E-state index is 13.0. The SMILES string of the molecule is C[C@]12C[C@@]34C=CC(=O)[C@@](C)(CCC(=O)Nc5ccccc5C(=O)O)[C@@H]3[C@H](C[C@@H]1C4)O2. The predicted octanol–water partition coefficient (Wildman–Crippen LogP) is 3.82. The van der Waals surface area contributed by atoms with Crippen molar-refractivity contribution >= 4 is 23.3 Å². The molecule has 158 valence electrons. The van der Waals surface area contributed by atoms with Crippen LogP contribution in [0.4, 0.5) is 5.69 Å². The molecule has 6 nitrogen and oxygen atoms in total. The number of carbonyl (C=O) groups is 3. The standard InChI is InChI=1S/C24H27NO5/c1-22(9-8-19(27)25-16-6-4-3-5-15(16)21(28)29)18(26)7-10-24-12-14-11-17(20(22)24)30-23(14,2)13-24/h3-7,10,14,17,20H,8-9,11-13H2,1-2H3,(H,25,27)(H,28,29)/t14-,17+,20+,22-,23+,24+/m1/s1. The minimum absolute atomic E-state index is 0.00434. The number of benzene rings is 1. The number of carboxylic acids is 1. The number of amides is 1. The lowest BCUT2D eigenvalue weighted by molar-refractivity contribution is -0.169. The zero-order valence-corrected chi connectivity index (χ0v) is 17.3. The number of carbonyl (C=O) groups excluding carboxylic acids is 2. The maximum Gasteiger partial charge on any atom is 0.337 e. The van der Waals surface area contributed by atoms with Crippen molar-refractivity contribution in [2.24, 2.45) is 22.7 Å². The summed E-state index contributed by atoms with van der Waals surface area (Å²) >= 11 is 0. The highest BCUT2D eigenvalue weighted by Gasteiger charge is 2.71. The highest BCUT2D eigenvalue weighted by Crippen LogP contribution is 2.71. The highest BCUT2D eigenvalue weighted by atomic mass is 16.5. The summed E-state index contributed by atoms with van der Waals surface area (Å²) in [5.74, 6) is -0.652. The molecule has 1 spiro atoms. The first-order valence-corrected chi connectivity index (χ1v) is 10.7. The fourth-order valence-corrected chi connectivity index (χ4v) is 7.00. The van der Waals surface area contributed by atoms with Crippen molar-refractivity contribution in [1.29, 1.82) is 0 Å². The van der Waals surface area contributed by atoms with Crippen LogP contribution in [0.3, 0.4) is 0 Å². The van der Waals surface area contributed by atoms with Crippen LogP contribution in [-0.2, 0) is 14.3 Å². The summed E-state index contributed by atoms with van der Waals surface area (Å²) in [6.45, 7) is 4.19. The van der Waals surface area contributed by atoms with Gasteiger partial charge in [-0.25, -0.2) is 4.79 Å². The van der Waals surface area contributed by atoms with Gasteiger partial charge in [0, 0.05) is 17.8 Å². The maximum atomic E-state index is 13.0. The summed E-state index contributed by atoms with van der Waals surface area (Å²) in [4.78, 5) is 37.1. The molecule has 5 aliphatic rings. The monoisotopic (exact) mass is 409 g/mol. The Balaban J connectivity index is 1.35. The van der Waals surface area contributed by atoms with Gasteiger partial charge in [-0.2, -0.15) is 0 Å². The lowest BCUT2D eigenvalue weighted by Gasteiger charge is -2.55. The van der Waals surface area contributed by atoms with Crippen LogP contribution < -0.4 is 5.32 Å². The molecule has 6 atom stereocenters. The largest absolute Gasteiger partial charge is 0.478 e. The average molecular weight is 409 g/mol. The van der Waals surface area contributed by atoms with Crippen LogP contribution in [0.25, 0.3) is 0 Å². The van der Waals surface area contributed by atoms with Crippen molar-refractivity contribution in [3.8, 4) is 0 Å². The predicted molar refractivity (Wildman–Crippen MR) is 110 cm³/mol. The van der Waals surface area contributed by atoms with Gasteiger partial charge in [0.2, 0.25) is 5.91 Å². The van der Waals surface area contributed by atoms with Crippen LogP contribution >= 0.6 is 0 Å². The molecular formula is C24H27NO5. The van der Waals surface area contributed by atoms with Crippen LogP contribution in [0.2, 0.25) is 0 Å². The van der Waals surface area contributed by atoms with Crippen molar-refractivity contribution in [2.45, 2.75) is 57.7 Å². The number of rotatable bonds is 5. The van der Waals surface area contributed by atoms with Gasteiger partial charge in [-0.05, 0) is 62.1 Å². The number of ether oxygens (including phenoxy) is 1. The molecule has 30 heavy (non-hydrogen) atoms. The van der Waals surface area contributed by atoms with Gasteiger partial charge in [-0.1, -0.05) is 25.1 Å². The Labute approximate surface area is 175 Å². The van der Waals surface area contributed by atoms with Crippen LogP contribution in [0.5, 0.6) is 0 Å². The van der Waals surface area contributed by atoms with E-state index in [0.29, 0.717) is 12.3 Å². The minimum Gasteiger partial charge on any atom is -0.478 e. The Kier molecular flexibility index (Phi) is 4.07. The number of hydrogen-bond acceptors (Lipinski definition) is 4. The summed E-state index contributed by atoms with van der Waals surface area (Å²) < 4.78 is 6.44. The summed E-state index contributed by atoms with van der Waals surface area (Å²) in [5.41, 5.74) is -0.403. The first-order chi connectivity index (χ1) is 14.2. The minimum atomic E-state index is -1.09.